The smallest absolute Gasteiger partial charge is 0.410 e. The highest BCUT2D eigenvalue weighted by atomic mass is 16.7. The number of rotatable bonds is 17. The molecule has 1 saturated heterocycles. The Hall–Kier alpha value is -4.58. The van der Waals surface area contributed by atoms with E-state index in [2.05, 4.69) is 12.1 Å². The first-order valence-corrected chi connectivity index (χ1v) is 18.6. The van der Waals surface area contributed by atoms with E-state index in [1.165, 1.54) is 12.0 Å². The van der Waals surface area contributed by atoms with Gasteiger partial charge in [-0.05, 0) is 40.0 Å². The van der Waals surface area contributed by atoms with Gasteiger partial charge in [0.05, 0.1) is 24.6 Å². The average Bonchev–Trinajstić information content (AvgIpc) is 3.62. The van der Waals surface area contributed by atoms with E-state index < -0.39 is 48.0 Å². The van der Waals surface area contributed by atoms with E-state index in [9.17, 15) is 28.8 Å². The second-order valence-corrected chi connectivity index (χ2v) is 15.0. The Morgan fingerprint density at radius 1 is 0.811 bits per heavy atom. The number of methoxy groups -OCH3 is 1. The zero-order valence-corrected chi connectivity index (χ0v) is 32.5. The lowest BCUT2D eigenvalue weighted by atomic mass is 9.83. The fourth-order valence-corrected chi connectivity index (χ4v) is 7.74. The van der Waals surface area contributed by atoms with Crippen molar-refractivity contribution in [2.75, 3.05) is 27.8 Å². The molecule has 0 radical (unpaired) electrons. The molecule has 4 rings (SSSR count). The Bertz CT molecular complexity index is 1610. The summed E-state index contributed by atoms with van der Waals surface area (Å²) in [6.45, 7) is 11.5. The lowest BCUT2D eigenvalue weighted by Gasteiger charge is -2.40. The van der Waals surface area contributed by atoms with Gasteiger partial charge in [-0.25, -0.2) is 9.59 Å². The van der Waals surface area contributed by atoms with E-state index in [1.54, 1.807) is 19.0 Å². The summed E-state index contributed by atoms with van der Waals surface area (Å²) >= 11 is 0. The molecule has 53 heavy (non-hydrogen) atoms. The molecule has 0 N–H and O–H groups in total. The van der Waals surface area contributed by atoms with Crippen LogP contribution in [0.15, 0.2) is 48.5 Å². The first-order valence-electron chi connectivity index (χ1n) is 18.6. The molecule has 1 fully saturated rings. The number of imide groups is 1. The van der Waals surface area contributed by atoms with Crippen molar-refractivity contribution in [1.82, 2.24) is 14.9 Å². The van der Waals surface area contributed by atoms with Crippen LogP contribution in [0.1, 0.15) is 90.7 Å². The second kappa shape index (κ2) is 18.0. The van der Waals surface area contributed by atoms with Crippen LogP contribution in [0.3, 0.4) is 0 Å². The van der Waals surface area contributed by atoms with Gasteiger partial charge in [0, 0.05) is 52.3 Å². The minimum Gasteiger partial charge on any atom is -0.448 e. The summed E-state index contributed by atoms with van der Waals surface area (Å²) in [6.07, 6.45) is -1.28. The van der Waals surface area contributed by atoms with Crippen LogP contribution in [0.4, 0.5) is 4.79 Å². The number of fused-ring (bicyclic) bond motifs is 3. The Morgan fingerprint density at radius 3 is 1.85 bits per heavy atom. The molecule has 0 saturated carbocycles. The van der Waals surface area contributed by atoms with Crippen LogP contribution in [-0.2, 0) is 38.3 Å². The summed E-state index contributed by atoms with van der Waals surface area (Å²) < 4.78 is 11.6. The standard InChI is InChI=1S/C41H55N3O9/c1-10-26(6)39(34(51-9)22-37(48)53-44-35(46)19-20-36(44)47)42(7)40(49)31(24(2)3)21-33(45)38(25(4)5)43(8)41(50)52-23-32-29-17-13-11-15-27(29)28-16-12-14-18-30(28)32/h11-18,24-26,31-32,34,38-39H,10,19-23H2,1-9H3/t26-,31-,34+,38?,39-/m0/s1. The SMILES string of the molecule is CC[C@H](C)[C@@H]([C@@H](CC(=O)ON1C(=O)CCC1=O)OC)N(C)C(=O)[C@@H](CC(=O)C(C(C)C)N(C)C(=O)OCC1c2ccccc2-c2ccccc21)C(C)C. The van der Waals surface area contributed by atoms with Crippen LogP contribution in [0.2, 0.25) is 0 Å². The fourth-order valence-electron chi connectivity index (χ4n) is 7.74. The Labute approximate surface area is 313 Å². The number of likely N-dealkylation sites (N-methyl/N-ethyl adjacent to an activating group) is 2. The number of ketones is 1. The van der Waals surface area contributed by atoms with E-state index in [0.717, 1.165) is 22.3 Å². The second-order valence-electron chi connectivity index (χ2n) is 15.0. The summed E-state index contributed by atoms with van der Waals surface area (Å²) in [5, 5.41) is 0.493. The minimum atomic E-state index is -0.840. The van der Waals surface area contributed by atoms with Gasteiger partial charge in [-0.15, -0.1) is 5.06 Å². The summed E-state index contributed by atoms with van der Waals surface area (Å²) in [4.78, 5) is 86.9. The van der Waals surface area contributed by atoms with Crippen molar-refractivity contribution in [2.45, 2.75) is 97.8 Å². The molecule has 1 aliphatic carbocycles. The highest BCUT2D eigenvalue weighted by Crippen LogP contribution is 2.44. The molecule has 12 heteroatoms. The number of nitrogens with zero attached hydrogens (tertiary/aromatic N) is 3. The summed E-state index contributed by atoms with van der Waals surface area (Å²) in [7, 11) is 4.62. The van der Waals surface area contributed by atoms with E-state index in [0.29, 0.717) is 11.5 Å². The van der Waals surface area contributed by atoms with Gasteiger partial charge >= 0.3 is 12.1 Å². The van der Waals surface area contributed by atoms with Gasteiger partial charge < -0.3 is 24.1 Å². The van der Waals surface area contributed by atoms with Gasteiger partial charge in [-0.2, -0.15) is 0 Å². The first kappa shape index (κ1) is 41.2. The minimum absolute atomic E-state index is 0.0268. The number of hydroxylamine groups is 2. The van der Waals surface area contributed by atoms with Crippen molar-refractivity contribution in [1.29, 1.82) is 0 Å². The van der Waals surface area contributed by atoms with Crippen molar-refractivity contribution in [3.05, 3.63) is 59.7 Å². The maximum absolute atomic E-state index is 14.3. The van der Waals surface area contributed by atoms with Gasteiger partial charge in [0.2, 0.25) is 5.91 Å². The van der Waals surface area contributed by atoms with E-state index in [1.807, 2.05) is 77.9 Å². The van der Waals surface area contributed by atoms with E-state index in [4.69, 9.17) is 14.3 Å². The Morgan fingerprint density at radius 2 is 1.36 bits per heavy atom. The molecule has 4 amide bonds. The number of hydrogen-bond donors (Lipinski definition) is 0. The van der Waals surface area contributed by atoms with Crippen LogP contribution in [0.5, 0.6) is 0 Å². The zero-order chi connectivity index (χ0) is 39.1. The molecule has 0 spiro atoms. The first-order chi connectivity index (χ1) is 25.1. The van der Waals surface area contributed by atoms with Crippen LogP contribution in [0.25, 0.3) is 11.1 Å². The molecule has 288 valence electrons. The van der Waals surface area contributed by atoms with Crippen LogP contribution < -0.4 is 0 Å². The average molecular weight is 734 g/mol. The van der Waals surface area contributed by atoms with Crippen LogP contribution in [-0.4, -0.2) is 96.4 Å². The van der Waals surface area contributed by atoms with Crippen molar-refractivity contribution >= 4 is 35.6 Å². The highest BCUT2D eigenvalue weighted by molar-refractivity contribution is 6.01. The third-order valence-electron chi connectivity index (χ3n) is 10.8. The molecule has 0 bridgehead atoms. The topological polar surface area (TPSA) is 140 Å². The molecule has 12 nitrogen and oxygen atoms in total. The third kappa shape index (κ3) is 9.15. The van der Waals surface area contributed by atoms with Gasteiger partial charge in [-0.3, -0.25) is 19.2 Å². The highest BCUT2D eigenvalue weighted by Gasteiger charge is 2.41. The molecule has 5 atom stereocenters. The molecular weight excluding hydrogens is 678 g/mol. The largest absolute Gasteiger partial charge is 0.448 e. The number of ether oxygens (including phenoxy) is 2. The monoisotopic (exact) mass is 733 g/mol. The number of amides is 4. The molecule has 2 aliphatic rings. The lowest BCUT2D eigenvalue weighted by molar-refractivity contribution is -0.199. The van der Waals surface area contributed by atoms with Gasteiger partial charge in [-0.1, -0.05) is 96.5 Å². The predicted octanol–water partition coefficient (Wildman–Crippen LogP) is 6.01. The summed E-state index contributed by atoms with van der Waals surface area (Å²) in [5.74, 6) is -4.07. The number of Topliss-reactive ketones (excluding diaryl/α,β-unsaturated/α-hetero) is 1. The van der Waals surface area contributed by atoms with Gasteiger partial charge in [0.15, 0.2) is 5.78 Å². The molecular formula is C41H55N3O9. The molecule has 1 aliphatic heterocycles. The van der Waals surface area contributed by atoms with Crippen molar-refractivity contribution in [2.24, 2.45) is 23.7 Å². The lowest BCUT2D eigenvalue weighted by Crippen LogP contribution is -2.53. The van der Waals surface area contributed by atoms with Crippen molar-refractivity contribution in [3.63, 3.8) is 0 Å². The Balaban J connectivity index is 1.46. The number of carbonyl (C=O) groups excluding carboxylic acids is 6. The molecule has 2 aromatic rings. The zero-order valence-electron chi connectivity index (χ0n) is 32.5. The van der Waals surface area contributed by atoms with E-state index >= 15 is 0 Å². The fraction of sp³-hybridized carbons (Fsp3) is 0.561. The predicted molar refractivity (Wildman–Crippen MR) is 198 cm³/mol. The normalized spacial score (nSPS) is 16.8. The number of benzene rings is 2. The molecule has 2 aromatic carbocycles. The third-order valence-corrected chi connectivity index (χ3v) is 10.8. The van der Waals surface area contributed by atoms with E-state index in [-0.39, 0.29) is 67.7 Å². The van der Waals surface area contributed by atoms with Crippen LogP contribution in [0, 0.1) is 23.7 Å². The van der Waals surface area contributed by atoms with Gasteiger partial charge in [0.1, 0.15) is 6.61 Å². The number of hydrogen-bond acceptors (Lipinski definition) is 9. The maximum Gasteiger partial charge on any atom is 0.410 e. The molecule has 1 heterocycles. The molecule has 0 aromatic heterocycles. The Kier molecular flexibility index (Phi) is 14.0. The molecule has 1 unspecified atom stereocenters. The maximum atomic E-state index is 14.3. The summed E-state index contributed by atoms with van der Waals surface area (Å²) in [6, 6.07) is 14.7. The van der Waals surface area contributed by atoms with Crippen LogP contribution >= 0.6 is 0 Å². The van der Waals surface area contributed by atoms with Crippen molar-refractivity contribution in [3.8, 4) is 11.1 Å². The number of carbonyl (C=O) groups is 6. The quantitative estimate of drug-likeness (QED) is 0.179. The summed E-state index contributed by atoms with van der Waals surface area (Å²) in [5.41, 5.74) is 4.40. The van der Waals surface area contributed by atoms with Gasteiger partial charge in [0.25, 0.3) is 11.8 Å². The van der Waals surface area contributed by atoms with Crippen molar-refractivity contribution < 1.29 is 43.1 Å².